The highest BCUT2D eigenvalue weighted by Crippen LogP contribution is 2.31. The lowest BCUT2D eigenvalue weighted by Gasteiger charge is -2.12. The van der Waals surface area contributed by atoms with Crippen LogP contribution in [0.2, 0.25) is 20.1 Å². The summed E-state index contributed by atoms with van der Waals surface area (Å²) in [6.07, 6.45) is 1.56. The van der Waals surface area contributed by atoms with Gasteiger partial charge in [-0.2, -0.15) is 5.10 Å². The van der Waals surface area contributed by atoms with Gasteiger partial charge in [-0.15, -0.1) is 0 Å². The Kier molecular flexibility index (Phi) is 7.32. The lowest BCUT2D eigenvalue weighted by molar-refractivity contribution is -0.123. The first kappa shape index (κ1) is 22.5. The van der Waals surface area contributed by atoms with Crippen molar-refractivity contribution >= 4 is 58.5 Å². The Morgan fingerprint density at radius 2 is 1.87 bits per heavy atom. The molecule has 2 aromatic carbocycles. The number of hydrogen-bond acceptors (Lipinski definition) is 3. The fourth-order valence-electron chi connectivity index (χ4n) is 2.90. The van der Waals surface area contributed by atoms with E-state index in [9.17, 15) is 4.79 Å². The predicted octanol–water partition coefficient (Wildman–Crippen LogP) is 6.24. The molecule has 0 atom stereocenters. The van der Waals surface area contributed by atoms with E-state index < -0.39 is 5.91 Å². The minimum atomic E-state index is -0.427. The van der Waals surface area contributed by atoms with Crippen molar-refractivity contribution in [2.75, 3.05) is 6.61 Å². The van der Waals surface area contributed by atoms with Gasteiger partial charge < -0.3 is 9.30 Å². The van der Waals surface area contributed by atoms with Crippen LogP contribution in [0.5, 0.6) is 5.75 Å². The van der Waals surface area contributed by atoms with Gasteiger partial charge in [0.05, 0.1) is 27.0 Å². The number of amides is 1. The molecule has 0 fully saturated rings. The molecule has 0 saturated carbocycles. The molecule has 0 bridgehead atoms. The SMILES string of the molecule is Cc1cc(/C=N\NC(=O)COc2ccc(Cl)cc2Cl)c(C)n1-c1cccc(Cl)c1Cl. The molecule has 30 heavy (non-hydrogen) atoms. The van der Waals surface area contributed by atoms with Crippen LogP contribution in [0, 0.1) is 13.8 Å². The van der Waals surface area contributed by atoms with Gasteiger partial charge in [0.15, 0.2) is 6.61 Å². The normalized spacial score (nSPS) is 11.1. The van der Waals surface area contributed by atoms with Crippen LogP contribution in [0.3, 0.4) is 0 Å². The number of ether oxygens (including phenoxy) is 1. The molecule has 1 aromatic heterocycles. The molecular formula is C21H17Cl4N3O2. The fraction of sp³-hybridized carbons (Fsp3) is 0.143. The molecule has 1 amide bonds. The van der Waals surface area contributed by atoms with Crippen molar-refractivity contribution in [1.29, 1.82) is 0 Å². The highest BCUT2D eigenvalue weighted by Gasteiger charge is 2.14. The zero-order valence-corrected chi connectivity index (χ0v) is 19.1. The number of carbonyl (C=O) groups excluding carboxylic acids is 1. The van der Waals surface area contributed by atoms with Gasteiger partial charge in [0.25, 0.3) is 5.91 Å². The van der Waals surface area contributed by atoms with Gasteiger partial charge in [-0.3, -0.25) is 4.79 Å². The number of halogens is 4. The van der Waals surface area contributed by atoms with E-state index in [0.717, 1.165) is 22.6 Å². The van der Waals surface area contributed by atoms with Crippen LogP contribution in [-0.2, 0) is 4.79 Å². The first-order valence-corrected chi connectivity index (χ1v) is 10.3. The zero-order valence-electron chi connectivity index (χ0n) is 16.0. The molecule has 0 aliphatic rings. The third-order valence-corrected chi connectivity index (χ3v) is 5.63. The maximum absolute atomic E-state index is 12.0. The van der Waals surface area contributed by atoms with Crippen LogP contribution in [0.4, 0.5) is 0 Å². The highest BCUT2D eigenvalue weighted by atomic mass is 35.5. The molecule has 0 spiro atoms. The molecule has 0 aliphatic carbocycles. The standard InChI is InChI=1S/C21H17Cl4N3O2/c1-12-8-14(13(2)28(12)18-5-3-4-16(23)21(18)25)10-26-27-20(29)11-30-19-7-6-15(22)9-17(19)24/h3-10H,11H2,1-2H3,(H,27,29)/b26-10-. The van der Waals surface area contributed by atoms with Gasteiger partial charge in [-0.1, -0.05) is 52.5 Å². The summed E-state index contributed by atoms with van der Waals surface area (Å²) in [4.78, 5) is 12.0. The number of nitrogens with zero attached hydrogens (tertiary/aromatic N) is 2. The number of rotatable bonds is 6. The van der Waals surface area contributed by atoms with Crippen LogP contribution >= 0.6 is 46.4 Å². The van der Waals surface area contributed by atoms with E-state index >= 15 is 0 Å². The summed E-state index contributed by atoms with van der Waals surface area (Å²) in [5, 5.41) is 5.76. The van der Waals surface area contributed by atoms with E-state index in [-0.39, 0.29) is 6.61 Å². The van der Waals surface area contributed by atoms with Gasteiger partial charge in [0.2, 0.25) is 0 Å². The molecule has 9 heteroatoms. The molecule has 1 heterocycles. The number of hydrogen-bond donors (Lipinski definition) is 1. The van der Waals surface area contributed by atoms with E-state index in [1.807, 2.05) is 36.6 Å². The molecule has 1 N–H and O–H groups in total. The van der Waals surface area contributed by atoms with Crippen LogP contribution in [-0.4, -0.2) is 23.3 Å². The lowest BCUT2D eigenvalue weighted by atomic mass is 10.2. The summed E-state index contributed by atoms with van der Waals surface area (Å²) in [7, 11) is 0. The Hall–Kier alpha value is -2.18. The van der Waals surface area contributed by atoms with E-state index in [0.29, 0.717) is 25.8 Å². The van der Waals surface area contributed by atoms with Gasteiger partial charge >= 0.3 is 0 Å². The highest BCUT2D eigenvalue weighted by molar-refractivity contribution is 6.43. The third kappa shape index (κ3) is 5.10. The summed E-state index contributed by atoms with van der Waals surface area (Å²) >= 11 is 24.3. The third-order valence-electron chi connectivity index (χ3n) is 4.29. The van der Waals surface area contributed by atoms with Gasteiger partial charge in [-0.05, 0) is 50.2 Å². The van der Waals surface area contributed by atoms with Gasteiger partial charge in [0, 0.05) is 22.0 Å². The van der Waals surface area contributed by atoms with Crippen molar-refractivity contribution in [3.63, 3.8) is 0 Å². The molecule has 5 nitrogen and oxygen atoms in total. The lowest BCUT2D eigenvalue weighted by Crippen LogP contribution is -2.24. The van der Waals surface area contributed by atoms with Gasteiger partial charge in [0.1, 0.15) is 5.75 Å². The summed E-state index contributed by atoms with van der Waals surface area (Å²) in [5.74, 6) is -0.0638. The number of aromatic nitrogens is 1. The number of hydrazone groups is 1. The van der Waals surface area contributed by atoms with E-state index in [1.165, 1.54) is 6.07 Å². The van der Waals surface area contributed by atoms with Crippen molar-refractivity contribution in [1.82, 2.24) is 9.99 Å². The topological polar surface area (TPSA) is 55.6 Å². The molecule has 0 aliphatic heterocycles. The second kappa shape index (κ2) is 9.75. The number of benzene rings is 2. The Balaban J connectivity index is 1.66. The predicted molar refractivity (Wildman–Crippen MR) is 123 cm³/mol. The average molecular weight is 485 g/mol. The maximum Gasteiger partial charge on any atom is 0.277 e. The van der Waals surface area contributed by atoms with Crippen molar-refractivity contribution in [2.24, 2.45) is 5.10 Å². The average Bonchev–Trinajstić information content (AvgIpc) is 2.97. The molecule has 0 unspecified atom stereocenters. The Bertz CT molecular complexity index is 1130. The smallest absolute Gasteiger partial charge is 0.277 e. The van der Waals surface area contributed by atoms with E-state index in [2.05, 4.69) is 10.5 Å². The van der Waals surface area contributed by atoms with Crippen LogP contribution < -0.4 is 10.2 Å². The summed E-state index contributed by atoms with van der Waals surface area (Å²) in [6.45, 7) is 3.64. The molecule has 156 valence electrons. The maximum atomic E-state index is 12.0. The zero-order chi connectivity index (χ0) is 21.8. The monoisotopic (exact) mass is 483 g/mol. The van der Waals surface area contributed by atoms with Gasteiger partial charge in [-0.25, -0.2) is 5.43 Å². The second-order valence-electron chi connectivity index (χ2n) is 6.39. The van der Waals surface area contributed by atoms with Crippen LogP contribution in [0.1, 0.15) is 17.0 Å². The Labute approximate surface area is 194 Å². The minimum Gasteiger partial charge on any atom is -0.482 e. The van der Waals surface area contributed by atoms with Crippen molar-refractivity contribution in [3.8, 4) is 11.4 Å². The molecule has 0 saturated heterocycles. The fourth-order valence-corrected chi connectivity index (χ4v) is 3.74. The second-order valence-corrected chi connectivity index (χ2v) is 8.02. The number of carbonyl (C=O) groups is 1. The van der Waals surface area contributed by atoms with Crippen molar-refractivity contribution < 1.29 is 9.53 Å². The quantitative estimate of drug-likeness (QED) is 0.332. The number of nitrogens with one attached hydrogen (secondary N) is 1. The van der Waals surface area contributed by atoms with Crippen LogP contribution in [0.25, 0.3) is 5.69 Å². The molecule has 0 radical (unpaired) electrons. The molecule has 3 rings (SSSR count). The minimum absolute atomic E-state index is 0.240. The van der Waals surface area contributed by atoms with Crippen molar-refractivity contribution in [3.05, 3.63) is 79.5 Å². The molecule has 3 aromatic rings. The van der Waals surface area contributed by atoms with Crippen molar-refractivity contribution in [2.45, 2.75) is 13.8 Å². The van der Waals surface area contributed by atoms with E-state index in [1.54, 1.807) is 24.4 Å². The first-order valence-electron chi connectivity index (χ1n) is 8.81. The van der Waals surface area contributed by atoms with E-state index in [4.69, 9.17) is 51.1 Å². The largest absolute Gasteiger partial charge is 0.482 e. The number of aryl methyl sites for hydroxylation is 1. The summed E-state index contributed by atoms with van der Waals surface area (Å²) in [5.41, 5.74) is 5.88. The summed E-state index contributed by atoms with van der Waals surface area (Å²) in [6, 6.07) is 12.2. The van der Waals surface area contributed by atoms with Crippen LogP contribution in [0.15, 0.2) is 47.6 Å². The molecular weight excluding hydrogens is 468 g/mol. The Morgan fingerprint density at radius 1 is 1.10 bits per heavy atom. The Morgan fingerprint density at radius 3 is 2.60 bits per heavy atom. The first-order chi connectivity index (χ1) is 14.3. The summed E-state index contributed by atoms with van der Waals surface area (Å²) < 4.78 is 7.35.